The number of hydrogen-bond acceptors (Lipinski definition) is 4. The SMILES string of the molecule is CN(C)C=CC(=O)c1cnc(-c2cccnc2)n1C. The maximum Gasteiger partial charge on any atom is 0.205 e. The van der Waals surface area contributed by atoms with Crippen molar-refractivity contribution in [2.45, 2.75) is 0 Å². The summed E-state index contributed by atoms with van der Waals surface area (Å²) in [4.78, 5) is 22.2. The second-order valence-electron chi connectivity index (χ2n) is 4.41. The van der Waals surface area contributed by atoms with Gasteiger partial charge in [-0.2, -0.15) is 0 Å². The second kappa shape index (κ2) is 5.48. The van der Waals surface area contributed by atoms with Gasteiger partial charge in [-0.3, -0.25) is 9.78 Å². The van der Waals surface area contributed by atoms with E-state index in [0.717, 1.165) is 11.4 Å². The lowest BCUT2D eigenvalue weighted by Gasteiger charge is -2.05. The number of ketones is 1. The average molecular weight is 256 g/mol. The Morgan fingerprint density at radius 2 is 2.16 bits per heavy atom. The van der Waals surface area contributed by atoms with Gasteiger partial charge in [-0.1, -0.05) is 0 Å². The first-order chi connectivity index (χ1) is 9.09. The number of allylic oxidation sites excluding steroid dienone is 1. The van der Waals surface area contributed by atoms with Gasteiger partial charge >= 0.3 is 0 Å². The molecule has 0 bridgehead atoms. The molecule has 5 heteroatoms. The van der Waals surface area contributed by atoms with E-state index in [2.05, 4.69) is 9.97 Å². The third-order valence-corrected chi connectivity index (χ3v) is 2.68. The number of aromatic nitrogens is 3. The molecular formula is C14H16N4O. The maximum absolute atomic E-state index is 12.0. The summed E-state index contributed by atoms with van der Waals surface area (Å²) in [6, 6.07) is 3.76. The predicted molar refractivity (Wildman–Crippen MR) is 73.6 cm³/mol. The van der Waals surface area contributed by atoms with Crippen LogP contribution in [0.3, 0.4) is 0 Å². The van der Waals surface area contributed by atoms with Crippen molar-refractivity contribution in [1.29, 1.82) is 0 Å². The van der Waals surface area contributed by atoms with Gasteiger partial charge in [0.2, 0.25) is 5.78 Å². The molecule has 0 fully saturated rings. The van der Waals surface area contributed by atoms with Crippen molar-refractivity contribution < 1.29 is 4.79 Å². The van der Waals surface area contributed by atoms with Gasteiger partial charge in [0.05, 0.1) is 6.20 Å². The Bertz CT molecular complexity index is 599. The Balaban J connectivity index is 2.31. The second-order valence-corrected chi connectivity index (χ2v) is 4.41. The molecule has 19 heavy (non-hydrogen) atoms. The summed E-state index contributed by atoms with van der Waals surface area (Å²) in [6.45, 7) is 0. The van der Waals surface area contributed by atoms with Gasteiger partial charge in [-0.05, 0) is 12.1 Å². The Kier molecular flexibility index (Phi) is 3.75. The zero-order valence-electron chi connectivity index (χ0n) is 11.2. The molecule has 0 N–H and O–H groups in total. The van der Waals surface area contributed by atoms with E-state index in [1.54, 1.807) is 29.4 Å². The summed E-state index contributed by atoms with van der Waals surface area (Å²) in [6.07, 6.45) is 8.28. The first-order valence-corrected chi connectivity index (χ1v) is 5.90. The fourth-order valence-electron chi connectivity index (χ4n) is 1.70. The third kappa shape index (κ3) is 2.88. The van der Waals surface area contributed by atoms with Crippen molar-refractivity contribution >= 4 is 5.78 Å². The van der Waals surface area contributed by atoms with Crippen LogP contribution in [0, 0.1) is 0 Å². The molecule has 0 aliphatic rings. The molecule has 2 aromatic rings. The molecule has 98 valence electrons. The van der Waals surface area contributed by atoms with E-state index >= 15 is 0 Å². The lowest BCUT2D eigenvalue weighted by molar-refractivity contribution is 0.103. The van der Waals surface area contributed by atoms with Crippen LogP contribution in [0.4, 0.5) is 0 Å². The number of rotatable bonds is 4. The fourth-order valence-corrected chi connectivity index (χ4v) is 1.70. The van der Waals surface area contributed by atoms with Crippen molar-refractivity contribution in [1.82, 2.24) is 19.4 Å². The van der Waals surface area contributed by atoms with Crippen LogP contribution in [0.15, 0.2) is 43.0 Å². The molecule has 0 aromatic carbocycles. The molecule has 0 atom stereocenters. The number of pyridine rings is 1. The third-order valence-electron chi connectivity index (χ3n) is 2.68. The molecule has 2 aromatic heterocycles. The standard InChI is InChI=1S/C14H16N4O/c1-17(2)8-6-13(19)12-10-16-14(18(12)3)11-5-4-7-15-9-11/h4-10H,1-3H3. The predicted octanol–water partition coefficient (Wildman–Crippen LogP) is 1.74. The van der Waals surface area contributed by atoms with Crippen LogP contribution in [0.2, 0.25) is 0 Å². The Hall–Kier alpha value is -2.43. The Morgan fingerprint density at radius 1 is 1.37 bits per heavy atom. The molecule has 0 aliphatic carbocycles. The van der Waals surface area contributed by atoms with E-state index in [4.69, 9.17) is 0 Å². The van der Waals surface area contributed by atoms with Crippen molar-refractivity contribution in [3.63, 3.8) is 0 Å². The molecule has 2 heterocycles. The molecule has 0 saturated heterocycles. The molecule has 0 unspecified atom stereocenters. The molecule has 0 amide bonds. The quantitative estimate of drug-likeness (QED) is 0.617. The topological polar surface area (TPSA) is 51.0 Å². The van der Waals surface area contributed by atoms with Crippen LogP contribution in [0.5, 0.6) is 0 Å². The molecule has 0 saturated carbocycles. The Labute approximate surface area is 112 Å². The molecular weight excluding hydrogens is 240 g/mol. The van der Waals surface area contributed by atoms with E-state index in [0.29, 0.717) is 5.69 Å². The number of hydrogen-bond donors (Lipinski definition) is 0. The van der Waals surface area contributed by atoms with E-state index in [9.17, 15) is 4.79 Å². The molecule has 0 radical (unpaired) electrons. The monoisotopic (exact) mass is 256 g/mol. The highest BCUT2D eigenvalue weighted by Gasteiger charge is 2.12. The maximum atomic E-state index is 12.0. The Morgan fingerprint density at radius 3 is 2.79 bits per heavy atom. The minimum absolute atomic E-state index is 0.0705. The molecule has 5 nitrogen and oxygen atoms in total. The van der Waals surface area contributed by atoms with Crippen LogP contribution >= 0.6 is 0 Å². The summed E-state index contributed by atoms with van der Waals surface area (Å²) >= 11 is 0. The largest absolute Gasteiger partial charge is 0.383 e. The average Bonchev–Trinajstić information content (AvgIpc) is 2.79. The van der Waals surface area contributed by atoms with E-state index in [-0.39, 0.29) is 5.78 Å². The van der Waals surface area contributed by atoms with Crippen LogP contribution in [0.25, 0.3) is 11.4 Å². The summed E-state index contributed by atoms with van der Waals surface area (Å²) in [5.74, 6) is 0.661. The van der Waals surface area contributed by atoms with Gasteiger partial charge in [-0.25, -0.2) is 4.98 Å². The number of imidazole rings is 1. The van der Waals surface area contributed by atoms with Crippen molar-refractivity contribution in [2.24, 2.45) is 7.05 Å². The van der Waals surface area contributed by atoms with Crippen LogP contribution < -0.4 is 0 Å². The number of carbonyl (C=O) groups excluding carboxylic acids is 1. The van der Waals surface area contributed by atoms with Crippen molar-refractivity contribution in [2.75, 3.05) is 14.1 Å². The van der Waals surface area contributed by atoms with Gasteiger partial charge in [-0.15, -0.1) is 0 Å². The summed E-state index contributed by atoms with van der Waals surface area (Å²) in [5.41, 5.74) is 1.44. The summed E-state index contributed by atoms with van der Waals surface area (Å²) < 4.78 is 1.78. The van der Waals surface area contributed by atoms with Gasteiger partial charge < -0.3 is 9.47 Å². The molecule has 0 aliphatic heterocycles. The van der Waals surface area contributed by atoms with Crippen molar-refractivity contribution in [3.05, 3.63) is 48.7 Å². The van der Waals surface area contributed by atoms with Crippen molar-refractivity contribution in [3.8, 4) is 11.4 Å². The minimum atomic E-state index is -0.0705. The first-order valence-electron chi connectivity index (χ1n) is 5.90. The molecule has 2 rings (SSSR count). The van der Waals surface area contributed by atoms with Gasteiger partial charge in [0.15, 0.2) is 0 Å². The summed E-state index contributed by atoms with van der Waals surface area (Å²) in [7, 11) is 5.56. The van der Waals surface area contributed by atoms with Gasteiger partial charge in [0.1, 0.15) is 11.5 Å². The van der Waals surface area contributed by atoms with Crippen LogP contribution in [-0.4, -0.2) is 39.3 Å². The highest BCUT2D eigenvalue weighted by Crippen LogP contribution is 2.17. The highest BCUT2D eigenvalue weighted by molar-refractivity contribution is 6.03. The minimum Gasteiger partial charge on any atom is -0.383 e. The van der Waals surface area contributed by atoms with Crippen LogP contribution in [-0.2, 0) is 7.05 Å². The fraction of sp³-hybridized carbons (Fsp3) is 0.214. The lowest BCUT2D eigenvalue weighted by atomic mass is 10.2. The van der Waals surface area contributed by atoms with E-state index in [1.807, 2.05) is 38.2 Å². The smallest absolute Gasteiger partial charge is 0.205 e. The normalized spacial score (nSPS) is 10.9. The van der Waals surface area contributed by atoms with Gasteiger partial charge in [0, 0.05) is 51.4 Å². The zero-order valence-corrected chi connectivity index (χ0v) is 11.2. The van der Waals surface area contributed by atoms with E-state index < -0.39 is 0 Å². The lowest BCUT2D eigenvalue weighted by Crippen LogP contribution is -2.07. The zero-order chi connectivity index (χ0) is 13.8. The highest BCUT2D eigenvalue weighted by atomic mass is 16.1. The number of nitrogens with zero attached hydrogens (tertiary/aromatic N) is 4. The first kappa shape index (κ1) is 13.0. The van der Waals surface area contributed by atoms with Gasteiger partial charge in [0.25, 0.3) is 0 Å². The van der Waals surface area contributed by atoms with Crippen LogP contribution in [0.1, 0.15) is 10.5 Å². The number of carbonyl (C=O) groups is 1. The summed E-state index contributed by atoms with van der Waals surface area (Å²) in [5, 5.41) is 0. The van der Waals surface area contributed by atoms with E-state index in [1.165, 1.54) is 6.08 Å². The molecule has 0 spiro atoms.